The average molecular weight is 353 g/mol. The number of fused-ring (bicyclic) bond motifs is 1. The van der Waals surface area contributed by atoms with Gasteiger partial charge < -0.3 is 5.32 Å². The highest BCUT2D eigenvalue weighted by atomic mass is 32.1. The minimum atomic E-state index is -0.170. The lowest BCUT2D eigenvalue weighted by molar-refractivity contribution is -0.118. The molecule has 0 spiro atoms. The fraction of sp³-hybridized carbons (Fsp3) is 0.211. The molecule has 6 heteroatoms. The molecule has 0 saturated heterocycles. The summed E-state index contributed by atoms with van der Waals surface area (Å²) in [4.78, 5) is 30.7. The first-order valence-electron chi connectivity index (χ1n) is 8.18. The Hall–Kier alpha value is -2.73. The number of hydrogen-bond acceptors (Lipinski definition) is 4. The van der Waals surface area contributed by atoms with Crippen molar-refractivity contribution in [2.45, 2.75) is 13.3 Å². The number of aromatic nitrogens is 1. The van der Waals surface area contributed by atoms with Gasteiger partial charge in [0.25, 0.3) is 5.91 Å². The number of para-hydroxylation sites is 1. The molecular weight excluding hydrogens is 334 g/mol. The number of carbonyl (C=O) groups excluding carboxylic acids is 2. The van der Waals surface area contributed by atoms with E-state index in [4.69, 9.17) is 0 Å². The highest BCUT2D eigenvalue weighted by molar-refractivity contribution is 7.22. The third kappa shape index (κ3) is 4.03. The molecule has 0 saturated carbocycles. The number of carbonyl (C=O) groups is 2. The van der Waals surface area contributed by atoms with Crippen LogP contribution in [0.4, 0.5) is 5.13 Å². The minimum Gasteiger partial charge on any atom is -0.352 e. The summed E-state index contributed by atoms with van der Waals surface area (Å²) in [7, 11) is 0. The Morgan fingerprint density at radius 1 is 1.08 bits per heavy atom. The van der Waals surface area contributed by atoms with Crippen LogP contribution in [0.2, 0.25) is 0 Å². The lowest BCUT2D eigenvalue weighted by atomic mass is 10.2. The van der Waals surface area contributed by atoms with Crippen molar-refractivity contribution in [1.82, 2.24) is 10.3 Å². The largest absolute Gasteiger partial charge is 0.352 e. The Kier molecular flexibility index (Phi) is 5.40. The van der Waals surface area contributed by atoms with E-state index in [1.54, 1.807) is 17.0 Å². The molecule has 0 fully saturated rings. The Labute approximate surface area is 150 Å². The van der Waals surface area contributed by atoms with E-state index in [9.17, 15) is 9.59 Å². The maximum absolute atomic E-state index is 12.5. The fourth-order valence-corrected chi connectivity index (χ4v) is 3.55. The van der Waals surface area contributed by atoms with Crippen LogP contribution < -0.4 is 10.2 Å². The quantitative estimate of drug-likeness (QED) is 0.738. The summed E-state index contributed by atoms with van der Waals surface area (Å²) in [6, 6.07) is 16.8. The van der Waals surface area contributed by atoms with Gasteiger partial charge in [0.05, 0.1) is 10.2 Å². The fourth-order valence-electron chi connectivity index (χ4n) is 2.50. The van der Waals surface area contributed by atoms with Gasteiger partial charge in [0, 0.05) is 25.1 Å². The molecule has 3 aromatic rings. The van der Waals surface area contributed by atoms with Gasteiger partial charge in [0.2, 0.25) is 5.91 Å². The summed E-state index contributed by atoms with van der Waals surface area (Å²) in [6.45, 7) is 2.77. The topological polar surface area (TPSA) is 62.3 Å². The number of nitrogens with zero attached hydrogens (tertiary/aromatic N) is 2. The molecule has 0 atom stereocenters. The van der Waals surface area contributed by atoms with Crippen LogP contribution >= 0.6 is 11.3 Å². The number of amides is 2. The van der Waals surface area contributed by atoms with Crippen molar-refractivity contribution in [1.29, 1.82) is 0 Å². The summed E-state index contributed by atoms with van der Waals surface area (Å²) in [5.41, 5.74) is 1.49. The van der Waals surface area contributed by atoms with Crippen LogP contribution in [0.5, 0.6) is 0 Å². The number of nitrogens with one attached hydrogen (secondary N) is 1. The maximum atomic E-state index is 12.5. The normalized spacial score (nSPS) is 10.6. The minimum absolute atomic E-state index is 0.0464. The van der Waals surface area contributed by atoms with Crippen molar-refractivity contribution in [2.75, 3.05) is 18.0 Å². The van der Waals surface area contributed by atoms with Gasteiger partial charge in [-0.3, -0.25) is 14.5 Å². The molecule has 1 aromatic heterocycles. The van der Waals surface area contributed by atoms with Crippen molar-refractivity contribution < 1.29 is 9.59 Å². The second-order valence-electron chi connectivity index (χ2n) is 5.47. The molecule has 1 heterocycles. The zero-order chi connectivity index (χ0) is 17.6. The van der Waals surface area contributed by atoms with Crippen molar-refractivity contribution in [3.05, 3.63) is 60.2 Å². The van der Waals surface area contributed by atoms with Crippen LogP contribution in [0.15, 0.2) is 54.6 Å². The van der Waals surface area contributed by atoms with E-state index >= 15 is 0 Å². The van der Waals surface area contributed by atoms with Crippen LogP contribution in [0.3, 0.4) is 0 Å². The predicted octanol–water partition coefficient (Wildman–Crippen LogP) is 3.47. The first-order chi connectivity index (χ1) is 12.2. The molecule has 0 aliphatic carbocycles. The van der Waals surface area contributed by atoms with E-state index in [-0.39, 0.29) is 18.2 Å². The number of benzene rings is 2. The molecule has 0 aliphatic heterocycles. The van der Waals surface area contributed by atoms with Crippen molar-refractivity contribution >= 4 is 38.5 Å². The number of thiazole rings is 1. The third-order valence-corrected chi connectivity index (χ3v) is 4.85. The summed E-state index contributed by atoms with van der Waals surface area (Å²) < 4.78 is 1.06. The van der Waals surface area contributed by atoms with E-state index in [1.807, 2.05) is 49.4 Å². The van der Waals surface area contributed by atoms with Crippen LogP contribution in [0, 0.1) is 0 Å². The van der Waals surface area contributed by atoms with Crippen molar-refractivity contribution in [3.63, 3.8) is 0 Å². The van der Waals surface area contributed by atoms with Crippen LogP contribution in [-0.4, -0.2) is 29.9 Å². The molecule has 128 valence electrons. The monoisotopic (exact) mass is 353 g/mol. The molecule has 2 amide bonds. The lowest BCUT2D eigenvalue weighted by Gasteiger charge is -2.17. The molecule has 3 rings (SSSR count). The molecule has 25 heavy (non-hydrogen) atoms. The molecule has 1 N–H and O–H groups in total. The van der Waals surface area contributed by atoms with E-state index in [1.165, 1.54) is 11.3 Å². The van der Waals surface area contributed by atoms with Gasteiger partial charge in [0.15, 0.2) is 5.13 Å². The summed E-state index contributed by atoms with van der Waals surface area (Å²) >= 11 is 1.50. The summed E-state index contributed by atoms with van der Waals surface area (Å²) in [5.74, 6) is -0.216. The first kappa shape index (κ1) is 17.1. The van der Waals surface area contributed by atoms with E-state index < -0.39 is 0 Å². The predicted molar refractivity (Wildman–Crippen MR) is 101 cm³/mol. The molecule has 0 unspecified atom stereocenters. The first-order valence-corrected chi connectivity index (χ1v) is 9.00. The van der Waals surface area contributed by atoms with Gasteiger partial charge in [-0.25, -0.2) is 4.98 Å². The van der Waals surface area contributed by atoms with Gasteiger partial charge in [-0.2, -0.15) is 0 Å². The summed E-state index contributed by atoms with van der Waals surface area (Å²) in [6.07, 6.45) is 0.238. The molecule has 5 nitrogen and oxygen atoms in total. The van der Waals surface area contributed by atoms with E-state index in [0.717, 1.165) is 10.2 Å². The van der Waals surface area contributed by atoms with Crippen LogP contribution in [0.1, 0.15) is 23.7 Å². The number of hydrogen-bond donors (Lipinski definition) is 1. The standard InChI is InChI=1S/C19H19N3O2S/c1-2-22(19-21-15-10-6-7-11-16(15)25-19)17(23)12-13-20-18(24)14-8-4-3-5-9-14/h3-11H,2,12-13H2,1H3,(H,20,24). The molecule has 0 aliphatic rings. The van der Waals surface area contributed by atoms with Crippen molar-refractivity contribution in [3.8, 4) is 0 Å². The van der Waals surface area contributed by atoms with Gasteiger partial charge in [-0.15, -0.1) is 0 Å². The molecule has 0 bridgehead atoms. The Morgan fingerprint density at radius 2 is 1.80 bits per heavy atom. The van der Waals surface area contributed by atoms with Gasteiger partial charge in [-0.1, -0.05) is 41.7 Å². The van der Waals surface area contributed by atoms with Crippen LogP contribution in [-0.2, 0) is 4.79 Å². The number of anilines is 1. The average Bonchev–Trinajstić information content (AvgIpc) is 3.06. The smallest absolute Gasteiger partial charge is 0.251 e. The van der Waals surface area contributed by atoms with Gasteiger partial charge in [-0.05, 0) is 31.2 Å². The molecule has 2 aromatic carbocycles. The lowest BCUT2D eigenvalue weighted by Crippen LogP contribution is -2.34. The van der Waals surface area contributed by atoms with Gasteiger partial charge in [0.1, 0.15) is 0 Å². The van der Waals surface area contributed by atoms with Crippen molar-refractivity contribution in [2.24, 2.45) is 0 Å². The Morgan fingerprint density at radius 3 is 2.52 bits per heavy atom. The second-order valence-corrected chi connectivity index (χ2v) is 6.48. The zero-order valence-corrected chi connectivity index (χ0v) is 14.8. The second kappa shape index (κ2) is 7.90. The third-order valence-electron chi connectivity index (χ3n) is 3.79. The van der Waals surface area contributed by atoms with E-state index in [0.29, 0.717) is 23.8 Å². The number of rotatable bonds is 6. The Balaban J connectivity index is 1.60. The maximum Gasteiger partial charge on any atom is 0.251 e. The van der Waals surface area contributed by atoms with Gasteiger partial charge >= 0.3 is 0 Å². The molecular formula is C19H19N3O2S. The Bertz CT molecular complexity index is 844. The highest BCUT2D eigenvalue weighted by Gasteiger charge is 2.18. The summed E-state index contributed by atoms with van der Waals surface area (Å²) in [5, 5.41) is 3.48. The molecule has 0 radical (unpaired) electrons. The van der Waals surface area contributed by atoms with E-state index in [2.05, 4.69) is 10.3 Å². The highest BCUT2D eigenvalue weighted by Crippen LogP contribution is 2.28. The zero-order valence-electron chi connectivity index (χ0n) is 13.9. The van der Waals surface area contributed by atoms with Crippen LogP contribution in [0.25, 0.3) is 10.2 Å². The SMILES string of the molecule is CCN(C(=O)CCNC(=O)c1ccccc1)c1nc2ccccc2s1.